The van der Waals surface area contributed by atoms with Crippen LogP contribution in [-0.2, 0) is 14.3 Å². The maximum atomic E-state index is 13.5. The third-order valence-corrected chi connectivity index (χ3v) is 5.80. The van der Waals surface area contributed by atoms with E-state index in [9.17, 15) is 14.0 Å². The number of ether oxygens (including phenoxy) is 3. The largest absolute Gasteiger partial charge is 0.456 e. The highest BCUT2D eigenvalue weighted by molar-refractivity contribution is 5.97. The molecule has 1 saturated carbocycles. The van der Waals surface area contributed by atoms with Crippen molar-refractivity contribution in [1.29, 1.82) is 0 Å². The molecule has 5 rings (SSSR count). The molecule has 0 spiro atoms. The molecule has 3 aliphatic rings. The van der Waals surface area contributed by atoms with Gasteiger partial charge in [-0.3, -0.25) is 9.59 Å². The second-order valence-electron chi connectivity index (χ2n) is 8.12. The van der Waals surface area contributed by atoms with E-state index in [-0.39, 0.29) is 42.0 Å². The van der Waals surface area contributed by atoms with Gasteiger partial charge in [-0.1, -0.05) is 18.2 Å². The molecule has 7 nitrogen and oxygen atoms in total. The van der Waals surface area contributed by atoms with Gasteiger partial charge in [0.2, 0.25) is 5.91 Å². The number of para-hydroxylation sites is 1. The molecule has 2 aromatic rings. The van der Waals surface area contributed by atoms with Crippen LogP contribution in [0.3, 0.4) is 0 Å². The first-order valence-corrected chi connectivity index (χ1v) is 10.5. The van der Waals surface area contributed by atoms with Crippen LogP contribution in [-0.4, -0.2) is 49.3 Å². The lowest BCUT2D eigenvalue weighted by atomic mass is 10.1. The summed E-state index contributed by atoms with van der Waals surface area (Å²) in [6, 6.07) is 12.0. The standard InChI is InChI=1S/C23H23FN2O5/c24-14-4-3-5-15(10-14)31-19-7-2-1-6-16(19)23(28)26-18-12-30-20-17(11-29-21(18)20)25-22(27)13-8-9-13/h1-7,10,13,17-18,20-21H,8-9,11-12H2,(H,25,27)(H,26,28)/t17-,18-,20+,21+/m0/s1. The lowest BCUT2D eigenvalue weighted by Gasteiger charge is -2.19. The smallest absolute Gasteiger partial charge is 0.255 e. The number of rotatable bonds is 6. The summed E-state index contributed by atoms with van der Waals surface area (Å²) >= 11 is 0. The van der Waals surface area contributed by atoms with Crippen LogP contribution in [0, 0.1) is 11.7 Å². The second-order valence-corrected chi connectivity index (χ2v) is 8.12. The minimum atomic E-state index is -0.421. The molecule has 0 bridgehead atoms. The number of benzene rings is 2. The Hall–Kier alpha value is -2.97. The first-order valence-electron chi connectivity index (χ1n) is 10.5. The van der Waals surface area contributed by atoms with Crippen molar-refractivity contribution in [1.82, 2.24) is 10.6 Å². The van der Waals surface area contributed by atoms with Gasteiger partial charge in [0.05, 0.1) is 30.9 Å². The molecule has 2 heterocycles. The minimum Gasteiger partial charge on any atom is -0.456 e. The summed E-state index contributed by atoms with van der Waals surface area (Å²) in [5, 5.41) is 5.96. The average Bonchev–Trinajstić information content (AvgIpc) is 3.43. The number of halogens is 1. The van der Waals surface area contributed by atoms with Crippen molar-refractivity contribution in [2.75, 3.05) is 13.2 Å². The van der Waals surface area contributed by atoms with Crippen LogP contribution in [0.5, 0.6) is 11.5 Å². The summed E-state index contributed by atoms with van der Waals surface area (Å²) in [4.78, 5) is 25.1. The van der Waals surface area contributed by atoms with E-state index in [2.05, 4.69) is 10.6 Å². The summed E-state index contributed by atoms with van der Waals surface area (Å²) in [7, 11) is 0. The van der Waals surface area contributed by atoms with Gasteiger partial charge in [-0.05, 0) is 37.1 Å². The fourth-order valence-corrected chi connectivity index (χ4v) is 4.04. The van der Waals surface area contributed by atoms with Gasteiger partial charge in [-0.15, -0.1) is 0 Å². The Morgan fingerprint density at radius 1 is 0.935 bits per heavy atom. The summed E-state index contributed by atoms with van der Waals surface area (Å²) in [6.07, 6.45) is 1.26. The Bertz CT molecular complexity index is 995. The lowest BCUT2D eigenvalue weighted by molar-refractivity contribution is -0.123. The third-order valence-electron chi connectivity index (χ3n) is 5.80. The Labute approximate surface area is 178 Å². The van der Waals surface area contributed by atoms with E-state index in [0.717, 1.165) is 12.8 Å². The van der Waals surface area contributed by atoms with E-state index >= 15 is 0 Å². The number of carbonyl (C=O) groups excluding carboxylic acids is 2. The van der Waals surface area contributed by atoms with Crippen molar-refractivity contribution in [3.8, 4) is 11.5 Å². The predicted molar refractivity (Wildman–Crippen MR) is 108 cm³/mol. The average molecular weight is 426 g/mol. The lowest BCUT2D eigenvalue weighted by Crippen LogP contribution is -2.47. The van der Waals surface area contributed by atoms with E-state index in [1.165, 1.54) is 12.1 Å². The maximum absolute atomic E-state index is 13.5. The van der Waals surface area contributed by atoms with Gasteiger partial charge >= 0.3 is 0 Å². The topological polar surface area (TPSA) is 85.9 Å². The Morgan fingerprint density at radius 2 is 1.65 bits per heavy atom. The Morgan fingerprint density at radius 3 is 2.35 bits per heavy atom. The van der Waals surface area contributed by atoms with Crippen LogP contribution in [0.25, 0.3) is 0 Å². The molecule has 2 N–H and O–H groups in total. The molecule has 2 aliphatic heterocycles. The molecule has 1 aliphatic carbocycles. The molecule has 162 valence electrons. The SMILES string of the molecule is O=C(N[C@H]1CO[C@H]2[C@@H]1OC[C@@H]2NC(=O)C1CC1)c1ccccc1Oc1cccc(F)c1. The molecule has 3 fully saturated rings. The molecule has 31 heavy (non-hydrogen) atoms. The molecule has 8 heteroatoms. The highest BCUT2D eigenvalue weighted by Crippen LogP contribution is 2.32. The van der Waals surface area contributed by atoms with E-state index in [4.69, 9.17) is 14.2 Å². The van der Waals surface area contributed by atoms with Crippen LogP contribution < -0.4 is 15.4 Å². The number of hydrogen-bond donors (Lipinski definition) is 2. The van der Waals surface area contributed by atoms with Crippen molar-refractivity contribution in [2.45, 2.75) is 37.1 Å². The first-order chi connectivity index (χ1) is 15.1. The van der Waals surface area contributed by atoms with Gasteiger partial charge in [0.25, 0.3) is 5.91 Å². The third kappa shape index (κ3) is 4.26. The normalized spacial score (nSPS) is 26.9. The highest BCUT2D eigenvalue weighted by atomic mass is 19.1. The Balaban J connectivity index is 1.24. The van der Waals surface area contributed by atoms with Crippen LogP contribution >= 0.6 is 0 Å². The zero-order valence-corrected chi connectivity index (χ0v) is 16.8. The summed E-state index contributed by atoms with van der Waals surface area (Å²) in [5.74, 6) is 0.0331. The maximum Gasteiger partial charge on any atom is 0.255 e. The number of carbonyl (C=O) groups is 2. The molecule has 0 radical (unpaired) electrons. The highest BCUT2D eigenvalue weighted by Gasteiger charge is 2.49. The molecule has 0 unspecified atom stereocenters. The van der Waals surface area contributed by atoms with Gasteiger partial charge < -0.3 is 24.8 Å². The van der Waals surface area contributed by atoms with Gasteiger partial charge in [-0.2, -0.15) is 0 Å². The van der Waals surface area contributed by atoms with Gasteiger partial charge in [0.15, 0.2) is 0 Å². The van der Waals surface area contributed by atoms with Crippen molar-refractivity contribution in [3.63, 3.8) is 0 Å². The van der Waals surface area contributed by atoms with Crippen molar-refractivity contribution in [3.05, 3.63) is 59.9 Å². The van der Waals surface area contributed by atoms with E-state index < -0.39 is 5.82 Å². The quantitative estimate of drug-likeness (QED) is 0.741. The van der Waals surface area contributed by atoms with E-state index in [0.29, 0.717) is 30.3 Å². The number of nitrogens with one attached hydrogen (secondary N) is 2. The molecule has 0 aromatic heterocycles. The van der Waals surface area contributed by atoms with Crippen LogP contribution in [0.4, 0.5) is 4.39 Å². The summed E-state index contributed by atoms with van der Waals surface area (Å²) < 4.78 is 30.9. The second kappa shape index (κ2) is 8.28. The molecule has 4 atom stereocenters. The summed E-state index contributed by atoms with van der Waals surface area (Å²) in [6.45, 7) is 0.656. The molecule has 2 amide bonds. The molecular formula is C23H23FN2O5. The van der Waals surface area contributed by atoms with Crippen LogP contribution in [0.15, 0.2) is 48.5 Å². The van der Waals surface area contributed by atoms with Crippen molar-refractivity contribution >= 4 is 11.8 Å². The molecular weight excluding hydrogens is 403 g/mol. The molecule has 2 saturated heterocycles. The van der Waals surface area contributed by atoms with Gasteiger partial charge in [-0.25, -0.2) is 4.39 Å². The van der Waals surface area contributed by atoms with Crippen molar-refractivity contribution < 1.29 is 28.2 Å². The summed E-state index contributed by atoms with van der Waals surface area (Å²) in [5.41, 5.74) is 0.326. The zero-order chi connectivity index (χ0) is 21.4. The number of hydrogen-bond acceptors (Lipinski definition) is 5. The number of fused-ring (bicyclic) bond motifs is 1. The van der Waals surface area contributed by atoms with E-state index in [1.54, 1.807) is 36.4 Å². The van der Waals surface area contributed by atoms with Gasteiger partial charge in [0, 0.05) is 12.0 Å². The van der Waals surface area contributed by atoms with E-state index in [1.807, 2.05) is 0 Å². The Kier molecular flexibility index (Phi) is 5.33. The van der Waals surface area contributed by atoms with Crippen molar-refractivity contribution in [2.24, 2.45) is 5.92 Å². The molecule has 2 aromatic carbocycles. The first kappa shape index (κ1) is 20.0. The monoisotopic (exact) mass is 426 g/mol. The fourth-order valence-electron chi connectivity index (χ4n) is 4.04. The predicted octanol–water partition coefficient (Wildman–Crippen LogP) is 2.41. The van der Waals surface area contributed by atoms with Gasteiger partial charge in [0.1, 0.15) is 29.5 Å². The zero-order valence-electron chi connectivity index (χ0n) is 16.8. The van der Waals surface area contributed by atoms with Crippen LogP contribution in [0.2, 0.25) is 0 Å². The minimum absolute atomic E-state index is 0.0498. The van der Waals surface area contributed by atoms with Crippen LogP contribution in [0.1, 0.15) is 23.2 Å². The fraction of sp³-hybridized carbons (Fsp3) is 0.391. The number of amides is 2.